The van der Waals surface area contributed by atoms with Crippen LogP contribution in [0.2, 0.25) is 0 Å². The predicted octanol–water partition coefficient (Wildman–Crippen LogP) is 2.85. The summed E-state index contributed by atoms with van der Waals surface area (Å²) in [6.45, 7) is 0. The van der Waals surface area contributed by atoms with Crippen LogP contribution in [0.5, 0.6) is 5.75 Å². The fourth-order valence-corrected chi connectivity index (χ4v) is 3.06. The van der Waals surface area contributed by atoms with Crippen molar-refractivity contribution < 1.29 is 30.0 Å². The highest BCUT2D eigenvalue weighted by molar-refractivity contribution is 6.30. The highest BCUT2D eigenvalue weighted by atomic mass is 16.3. The second kappa shape index (κ2) is 4.48. The van der Waals surface area contributed by atoms with Crippen LogP contribution < -0.4 is 0 Å². The fraction of sp³-hybridized carbons (Fsp3) is 0. The minimum absolute atomic E-state index is 0.0685. The van der Waals surface area contributed by atoms with E-state index in [1.165, 1.54) is 6.08 Å². The first-order chi connectivity index (χ1) is 11.4. The number of aliphatic hydroxyl groups excluding tert-OH is 3. The van der Waals surface area contributed by atoms with Gasteiger partial charge in [0.25, 0.3) is 0 Å². The number of hydrogen-bond acceptors (Lipinski definition) is 6. The molecule has 0 atom stereocenters. The number of Topliss-reactive ketones (excluding diaryl/α,β-unsaturated/α-hetero) is 2. The van der Waals surface area contributed by atoms with Gasteiger partial charge in [-0.25, -0.2) is 0 Å². The zero-order chi connectivity index (χ0) is 17.2. The highest BCUT2D eigenvalue weighted by Gasteiger charge is 2.40. The molecule has 0 aromatic heterocycles. The van der Waals surface area contributed by atoms with Crippen LogP contribution in [0.15, 0.2) is 58.8 Å². The van der Waals surface area contributed by atoms with Crippen LogP contribution in [-0.2, 0) is 4.79 Å². The number of allylic oxidation sites excluding steroid dienone is 2. The molecule has 0 saturated carbocycles. The van der Waals surface area contributed by atoms with E-state index in [4.69, 9.17) is 0 Å². The maximum absolute atomic E-state index is 12.7. The minimum Gasteiger partial charge on any atom is -0.507 e. The van der Waals surface area contributed by atoms with Gasteiger partial charge in [-0.3, -0.25) is 9.59 Å². The Bertz CT molecular complexity index is 1070. The van der Waals surface area contributed by atoms with Crippen molar-refractivity contribution in [3.05, 3.63) is 69.9 Å². The lowest BCUT2D eigenvalue weighted by atomic mass is 9.80. The van der Waals surface area contributed by atoms with Crippen molar-refractivity contribution in [3.63, 3.8) is 0 Å². The fourth-order valence-electron chi connectivity index (χ4n) is 3.06. The van der Waals surface area contributed by atoms with Crippen LogP contribution in [0.25, 0.3) is 16.8 Å². The van der Waals surface area contributed by atoms with Gasteiger partial charge in [0.1, 0.15) is 5.75 Å². The number of carbonyl (C=O) groups excluding carboxylic acids is 2. The van der Waals surface area contributed by atoms with Crippen LogP contribution in [0.3, 0.4) is 0 Å². The average Bonchev–Trinajstić information content (AvgIpc) is 2.57. The Morgan fingerprint density at radius 2 is 1.50 bits per heavy atom. The normalized spacial score (nSPS) is 17.1. The molecule has 24 heavy (non-hydrogen) atoms. The third kappa shape index (κ3) is 1.59. The predicted molar refractivity (Wildman–Crippen MR) is 84.9 cm³/mol. The molecule has 2 aromatic carbocycles. The van der Waals surface area contributed by atoms with Crippen molar-refractivity contribution >= 4 is 28.4 Å². The molecular weight excluding hydrogens is 312 g/mol. The first-order valence-electron chi connectivity index (χ1n) is 7.03. The third-order valence-corrected chi connectivity index (χ3v) is 4.22. The van der Waals surface area contributed by atoms with Gasteiger partial charge in [0.15, 0.2) is 5.76 Å². The summed E-state index contributed by atoms with van der Waals surface area (Å²) in [5.41, 5.74) is -0.436. The first kappa shape index (κ1) is 14.1. The number of phenolic OH excluding ortho intramolecular Hbond substituents is 1. The summed E-state index contributed by atoms with van der Waals surface area (Å²) in [6.07, 6.45) is 1.30. The van der Waals surface area contributed by atoms with Crippen LogP contribution in [-0.4, -0.2) is 32.0 Å². The molecule has 0 radical (unpaired) electrons. The summed E-state index contributed by atoms with van der Waals surface area (Å²) in [5.74, 6) is -4.99. The van der Waals surface area contributed by atoms with Gasteiger partial charge in [-0.1, -0.05) is 24.3 Å². The first-order valence-corrected chi connectivity index (χ1v) is 7.03. The molecule has 0 amide bonds. The van der Waals surface area contributed by atoms with Crippen molar-refractivity contribution in [3.8, 4) is 5.75 Å². The van der Waals surface area contributed by atoms with Crippen LogP contribution in [0.4, 0.5) is 0 Å². The lowest BCUT2D eigenvalue weighted by Crippen LogP contribution is -2.26. The van der Waals surface area contributed by atoms with Crippen LogP contribution >= 0.6 is 0 Å². The van der Waals surface area contributed by atoms with E-state index in [0.29, 0.717) is 16.3 Å². The van der Waals surface area contributed by atoms with E-state index >= 15 is 0 Å². The molecule has 0 saturated heterocycles. The number of aliphatic hydroxyl groups is 3. The van der Waals surface area contributed by atoms with Crippen molar-refractivity contribution in [1.29, 1.82) is 0 Å². The summed E-state index contributed by atoms with van der Waals surface area (Å²) in [7, 11) is 0. The second-order valence-corrected chi connectivity index (χ2v) is 5.55. The molecule has 0 unspecified atom stereocenters. The van der Waals surface area contributed by atoms with Crippen LogP contribution in [0, 0.1) is 0 Å². The Labute approximate surface area is 134 Å². The van der Waals surface area contributed by atoms with Crippen LogP contribution in [0.1, 0.15) is 15.9 Å². The Morgan fingerprint density at radius 3 is 2.25 bits per heavy atom. The Hall–Kier alpha value is -3.54. The van der Waals surface area contributed by atoms with Crippen molar-refractivity contribution in [2.75, 3.05) is 0 Å². The third-order valence-electron chi connectivity index (χ3n) is 4.22. The van der Waals surface area contributed by atoms with E-state index in [1.54, 1.807) is 30.3 Å². The van der Waals surface area contributed by atoms with Gasteiger partial charge < -0.3 is 20.4 Å². The van der Waals surface area contributed by atoms with E-state index in [2.05, 4.69) is 0 Å². The SMILES string of the molecule is O=C1C2=Cc3cc4ccccc4c(O)c3C(=O)C2=C(O)C(O)=C1O. The molecule has 0 fully saturated rings. The number of benzene rings is 2. The lowest BCUT2D eigenvalue weighted by Gasteiger charge is -2.23. The molecule has 0 spiro atoms. The van der Waals surface area contributed by atoms with Gasteiger partial charge in [-0.2, -0.15) is 0 Å². The van der Waals surface area contributed by atoms with Crippen molar-refractivity contribution in [2.24, 2.45) is 0 Å². The molecule has 0 heterocycles. The molecule has 6 nitrogen and oxygen atoms in total. The summed E-state index contributed by atoms with van der Waals surface area (Å²) in [4.78, 5) is 24.9. The van der Waals surface area contributed by atoms with Crippen molar-refractivity contribution in [2.45, 2.75) is 0 Å². The number of fused-ring (bicyclic) bond motifs is 3. The van der Waals surface area contributed by atoms with Gasteiger partial charge in [0.05, 0.1) is 11.1 Å². The molecule has 0 bridgehead atoms. The van der Waals surface area contributed by atoms with E-state index in [9.17, 15) is 30.0 Å². The molecule has 4 N–H and O–H groups in total. The van der Waals surface area contributed by atoms with Gasteiger partial charge in [0, 0.05) is 11.0 Å². The average molecular weight is 322 g/mol. The van der Waals surface area contributed by atoms with E-state index in [1.807, 2.05) is 0 Å². The lowest BCUT2D eigenvalue weighted by molar-refractivity contribution is -0.114. The Kier molecular flexibility index (Phi) is 2.63. The molecule has 6 heteroatoms. The highest BCUT2D eigenvalue weighted by Crippen LogP contribution is 2.42. The van der Waals surface area contributed by atoms with Gasteiger partial charge in [-0.15, -0.1) is 0 Å². The number of rotatable bonds is 0. The molecule has 4 rings (SSSR count). The zero-order valence-electron chi connectivity index (χ0n) is 12.1. The van der Waals surface area contributed by atoms with E-state index in [-0.39, 0.29) is 16.9 Å². The Morgan fingerprint density at radius 1 is 0.792 bits per heavy atom. The van der Waals surface area contributed by atoms with Crippen molar-refractivity contribution in [1.82, 2.24) is 0 Å². The maximum Gasteiger partial charge on any atom is 0.232 e. The number of phenols is 1. The summed E-state index contributed by atoms with van der Waals surface area (Å²) >= 11 is 0. The minimum atomic E-state index is -1.05. The standard InChI is InChI=1S/C18H10O6/c19-13-9-4-2-1-3-7(9)5-8-6-10-12(15(21)11(8)13)16(22)18(24)17(23)14(10)20/h1-6,19,22-24H. The monoisotopic (exact) mass is 322 g/mol. The maximum atomic E-state index is 12.7. The molecule has 2 aliphatic rings. The molecule has 0 aliphatic heterocycles. The molecule has 118 valence electrons. The second-order valence-electron chi connectivity index (χ2n) is 5.55. The Balaban J connectivity index is 2.11. The van der Waals surface area contributed by atoms with E-state index < -0.39 is 34.4 Å². The smallest absolute Gasteiger partial charge is 0.232 e. The summed E-state index contributed by atoms with van der Waals surface area (Å²) < 4.78 is 0. The number of aromatic hydroxyl groups is 1. The van der Waals surface area contributed by atoms with Gasteiger partial charge in [0.2, 0.25) is 23.1 Å². The number of ketones is 2. The molecule has 2 aromatic rings. The van der Waals surface area contributed by atoms with Gasteiger partial charge in [-0.05, 0) is 23.1 Å². The van der Waals surface area contributed by atoms with Gasteiger partial charge >= 0.3 is 0 Å². The molecule has 2 aliphatic carbocycles. The summed E-state index contributed by atoms with van der Waals surface area (Å²) in [5, 5.41) is 40.8. The topological polar surface area (TPSA) is 115 Å². The number of carbonyl (C=O) groups is 2. The summed E-state index contributed by atoms with van der Waals surface area (Å²) in [6, 6.07) is 8.48. The zero-order valence-corrected chi connectivity index (χ0v) is 12.1. The number of hydrogen-bond donors (Lipinski definition) is 4. The molecular formula is C18H10O6. The van der Waals surface area contributed by atoms with E-state index in [0.717, 1.165) is 0 Å². The quantitative estimate of drug-likeness (QED) is 0.593. The largest absolute Gasteiger partial charge is 0.507 e.